The zero-order chi connectivity index (χ0) is 23.1. The third kappa shape index (κ3) is 4.66. The molecule has 0 saturated carbocycles. The standard InChI is InChI=1S/C21H21F3N6O2/c1-12-6-13(8-15(7-12)27-18-25-5-4-16(28-18)21(22,23)24)14-9-26-30(10-14)11-17-20(2,3)29-19(31)32-17/h4-10,17H,11H2,1-3H3,(H,29,31)(H,25,27,28). The highest BCUT2D eigenvalue weighted by atomic mass is 19.4. The molecule has 0 spiro atoms. The van der Waals surface area contributed by atoms with Crippen LogP contribution in [0.5, 0.6) is 0 Å². The topological polar surface area (TPSA) is 94.0 Å². The maximum absolute atomic E-state index is 12.9. The molecule has 1 unspecified atom stereocenters. The molecule has 2 aromatic heterocycles. The van der Waals surface area contributed by atoms with E-state index in [1.165, 1.54) is 0 Å². The van der Waals surface area contributed by atoms with E-state index in [0.29, 0.717) is 12.2 Å². The average molecular weight is 446 g/mol. The number of nitrogens with zero attached hydrogens (tertiary/aromatic N) is 4. The van der Waals surface area contributed by atoms with Gasteiger partial charge in [0.2, 0.25) is 5.95 Å². The number of amides is 1. The van der Waals surface area contributed by atoms with E-state index < -0.39 is 23.5 Å². The van der Waals surface area contributed by atoms with Gasteiger partial charge in [-0.1, -0.05) is 6.07 Å². The van der Waals surface area contributed by atoms with Crippen molar-refractivity contribution in [1.29, 1.82) is 0 Å². The van der Waals surface area contributed by atoms with E-state index in [2.05, 4.69) is 25.7 Å². The van der Waals surface area contributed by atoms with Gasteiger partial charge in [-0.3, -0.25) is 4.68 Å². The summed E-state index contributed by atoms with van der Waals surface area (Å²) in [6.07, 6.45) is -0.832. The minimum atomic E-state index is -4.55. The molecule has 2 N–H and O–H groups in total. The summed E-state index contributed by atoms with van der Waals surface area (Å²) in [6.45, 7) is 6.00. The Labute approximate surface area is 181 Å². The fraction of sp³-hybridized carbons (Fsp3) is 0.333. The van der Waals surface area contributed by atoms with Gasteiger partial charge in [-0.05, 0) is 50.1 Å². The zero-order valence-corrected chi connectivity index (χ0v) is 17.6. The van der Waals surface area contributed by atoms with Crippen molar-refractivity contribution in [2.45, 2.75) is 45.1 Å². The summed E-state index contributed by atoms with van der Waals surface area (Å²) in [5.74, 6) is -0.148. The van der Waals surface area contributed by atoms with Crippen molar-refractivity contribution in [3.8, 4) is 11.1 Å². The maximum Gasteiger partial charge on any atom is 0.433 e. The van der Waals surface area contributed by atoms with Crippen LogP contribution in [-0.4, -0.2) is 37.5 Å². The van der Waals surface area contributed by atoms with Gasteiger partial charge in [0.1, 0.15) is 11.8 Å². The monoisotopic (exact) mass is 446 g/mol. The molecule has 4 rings (SSSR count). The van der Waals surface area contributed by atoms with E-state index in [-0.39, 0.29) is 12.1 Å². The van der Waals surface area contributed by atoms with E-state index in [1.807, 2.05) is 33.0 Å². The van der Waals surface area contributed by atoms with Crippen LogP contribution in [0.1, 0.15) is 25.1 Å². The number of hydrogen-bond acceptors (Lipinski definition) is 6. The number of nitrogens with one attached hydrogen (secondary N) is 2. The molecule has 0 aliphatic carbocycles. The Morgan fingerprint density at radius 1 is 1.25 bits per heavy atom. The van der Waals surface area contributed by atoms with Crippen molar-refractivity contribution < 1.29 is 22.7 Å². The third-order valence-corrected chi connectivity index (χ3v) is 5.08. The lowest BCUT2D eigenvalue weighted by Gasteiger charge is -2.23. The van der Waals surface area contributed by atoms with Gasteiger partial charge < -0.3 is 15.4 Å². The Kier molecular flexibility index (Phi) is 5.27. The molecular formula is C21H21F3N6O2. The Morgan fingerprint density at radius 3 is 2.72 bits per heavy atom. The number of ether oxygens (including phenoxy) is 1. The van der Waals surface area contributed by atoms with Gasteiger partial charge in [-0.2, -0.15) is 18.3 Å². The van der Waals surface area contributed by atoms with E-state index >= 15 is 0 Å². The SMILES string of the molecule is Cc1cc(Nc2nccc(C(F)(F)F)n2)cc(-c2cnn(CC3OC(=O)NC3(C)C)c2)c1. The first-order valence-electron chi connectivity index (χ1n) is 9.80. The number of benzene rings is 1. The number of aryl methyl sites for hydroxylation is 1. The average Bonchev–Trinajstić information content (AvgIpc) is 3.24. The highest BCUT2D eigenvalue weighted by Crippen LogP contribution is 2.30. The first-order chi connectivity index (χ1) is 15.0. The quantitative estimate of drug-likeness (QED) is 0.607. The van der Waals surface area contributed by atoms with Gasteiger partial charge >= 0.3 is 12.3 Å². The number of cyclic esters (lactones) is 1. The van der Waals surface area contributed by atoms with Gasteiger partial charge in [-0.25, -0.2) is 14.8 Å². The van der Waals surface area contributed by atoms with Crippen LogP contribution in [0.3, 0.4) is 0 Å². The molecule has 1 aliphatic rings. The highest BCUT2D eigenvalue weighted by molar-refractivity contribution is 5.71. The number of halogens is 3. The second kappa shape index (κ2) is 7.81. The molecule has 1 aromatic carbocycles. The molecule has 0 bridgehead atoms. The van der Waals surface area contributed by atoms with Crippen LogP contribution in [0.25, 0.3) is 11.1 Å². The van der Waals surface area contributed by atoms with E-state index in [9.17, 15) is 18.0 Å². The van der Waals surface area contributed by atoms with E-state index in [4.69, 9.17) is 4.74 Å². The fourth-order valence-corrected chi connectivity index (χ4v) is 3.43. The Morgan fingerprint density at radius 2 is 2.03 bits per heavy atom. The summed E-state index contributed by atoms with van der Waals surface area (Å²) in [5.41, 5.74) is 1.51. The summed E-state index contributed by atoms with van der Waals surface area (Å²) < 4.78 is 45.8. The normalized spacial score (nSPS) is 17.7. The van der Waals surface area contributed by atoms with Crippen molar-refractivity contribution in [2.24, 2.45) is 0 Å². The minimum absolute atomic E-state index is 0.148. The number of carbonyl (C=O) groups excluding carboxylic acids is 1. The molecule has 32 heavy (non-hydrogen) atoms. The number of aromatic nitrogens is 4. The smallest absolute Gasteiger partial charge is 0.433 e. The lowest BCUT2D eigenvalue weighted by atomic mass is 9.99. The molecule has 1 atom stereocenters. The second-order valence-electron chi connectivity index (χ2n) is 8.17. The van der Waals surface area contributed by atoms with Crippen LogP contribution in [0.4, 0.5) is 29.6 Å². The van der Waals surface area contributed by atoms with Gasteiger partial charge in [0.25, 0.3) is 0 Å². The number of anilines is 2. The number of rotatable bonds is 5. The number of carbonyl (C=O) groups is 1. The van der Waals surface area contributed by atoms with Gasteiger partial charge in [0, 0.05) is 23.6 Å². The molecular weight excluding hydrogens is 425 g/mol. The largest absolute Gasteiger partial charge is 0.442 e. The van der Waals surface area contributed by atoms with Gasteiger partial charge in [0.05, 0.1) is 18.3 Å². The Bertz CT molecular complexity index is 1160. The third-order valence-electron chi connectivity index (χ3n) is 5.08. The molecule has 0 radical (unpaired) electrons. The van der Waals surface area contributed by atoms with Gasteiger partial charge in [-0.15, -0.1) is 0 Å². The second-order valence-corrected chi connectivity index (χ2v) is 8.17. The highest BCUT2D eigenvalue weighted by Gasteiger charge is 2.41. The number of alkyl halides is 3. The first kappa shape index (κ1) is 21.6. The van der Waals surface area contributed by atoms with E-state index in [1.54, 1.807) is 23.0 Å². The van der Waals surface area contributed by atoms with Crippen LogP contribution in [0.2, 0.25) is 0 Å². The van der Waals surface area contributed by atoms with Crippen LogP contribution >= 0.6 is 0 Å². The molecule has 1 amide bonds. The minimum Gasteiger partial charge on any atom is -0.442 e. The fourth-order valence-electron chi connectivity index (χ4n) is 3.43. The van der Waals surface area contributed by atoms with Crippen LogP contribution in [0, 0.1) is 6.92 Å². The lowest BCUT2D eigenvalue weighted by molar-refractivity contribution is -0.141. The molecule has 3 aromatic rings. The lowest BCUT2D eigenvalue weighted by Crippen LogP contribution is -2.44. The predicted molar refractivity (Wildman–Crippen MR) is 110 cm³/mol. The molecule has 1 aliphatic heterocycles. The molecule has 3 heterocycles. The molecule has 1 fully saturated rings. The zero-order valence-electron chi connectivity index (χ0n) is 17.6. The first-order valence-corrected chi connectivity index (χ1v) is 9.80. The number of hydrogen-bond donors (Lipinski definition) is 2. The van der Waals surface area contributed by atoms with Crippen LogP contribution in [0.15, 0.2) is 42.9 Å². The summed E-state index contributed by atoms with van der Waals surface area (Å²) in [4.78, 5) is 19.0. The molecule has 168 valence electrons. The summed E-state index contributed by atoms with van der Waals surface area (Å²) >= 11 is 0. The Balaban J connectivity index is 1.54. The van der Waals surface area contributed by atoms with Crippen molar-refractivity contribution in [2.75, 3.05) is 5.32 Å². The summed E-state index contributed by atoms with van der Waals surface area (Å²) in [7, 11) is 0. The van der Waals surface area contributed by atoms with Crippen LogP contribution in [-0.2, 0) is 17.5 Å². The number of alkyl carbamates (subject to hydrolysis) is 1. The Hall–Kier alpha value is -3.63. The molecule has 11 heteroatoms. The van der Waals surface area contributed by atoms with Crippen molar-refractivity contribution in [3.05, 3.63) is 54.1 Å². The van der Waals surface area contributed by atoms with Crippen LogP contribution < -0.4 is 10.6 Å². The van der Waals surface area contributed by atoms with Crippen molar-refractivity contribution >= 4 is 17.7 Å². The van der Waals surface area contributed by atoms with Gasteiger partial charge in [0.15, 0.2) is 0 Å². The van der Waals surface area contributed by atoms with Crippen molar-refractivity contribution in [3.63, 3.8) is 0 Å². The molecule has 1 saturated heterocycles. The predicted octanol–water partition coefficient (Wildman–Crippen LogP) is 4.30. The van der Waals surface area contributed by atoms with Crippen molar-refractivity contribution in [1.82, 2.24) is 25.1 Å². The maximum atomic E-state index is 12.9. The molecule has 8 nitrogen and oxygen atoms in total. The summed E-state index contributed by atoms with van der Waals surface area (Å²) in [5, 5.41) is 9.95. The summed E-state index contributed by atoms with van der Waals surface area (Å²) in [6, 6.07) is 6.31. The van der Waals surface area contributed by atoms with E-state index in [0.717, 1.165) is 29.0 Å².